The number of rotatable bonds is 5. The predicted molar refractivity (Wildman–Crippen MR) is 131 cm³/mol. The molecule has 172 valence electrons. The van der Waals surface area contributed by atoms with Gasteiger partial charge in [0.05, 0.1) is 24.4 Å². The second kappa shape index (κ2) is 9.53. The van der Waals surface area contributed by atoms with Crippen molar-refractivity contribution in [1.29, 1.82) is 0 Å². The number of nitrogens with one attached hydrogen (secondary N) is 1. The Labute approximate surface area is 202 Å². The smallest absolute Gasteiger partial charge is 0.337 e. The Morgan fingerprint density at radius 2 is 1.47 bits per heavy atom. The number of amides is 2. The zero-order valence-electron chi connectivity index (χ0n) is 19.0. The quantitative estimate of drug-likeness (QED) is 0.371. The lowest BCUT2D eigenvalue weighted by Crippen LogP contribution is -2.48. The molecule has 1 atom stereocenters. The summed E-state index contributed by atoms with van der Waals surface area (Å²) in [5.41, 5.74) is 4.14. The van der Waals surface area contributed by atoms with Crippen LogP contribution in [0.15, 0.2) is 84.1 Å². The number of carbonyl (C=O) groups is 3. The second-order valence-corrected chi connectivity index (χ2v) is 8.44. The second-order valence-electron chi connectivity index (χ2n) is 8.00. The number of carbonyl (C=O) groups excluding carboxylic acids is 3. The summed E-state index contributed by atoms with van der Waals surface area (Å²) < 4.78 is 4.77. The standard InChI is InChI=1S/C27H23ClN2O4/c1-16-4-6-19(7-5-16)25(31)23-17(2)30(22-14-12-21(28)13-15-22)27(33)29-24(23)18-8-10-20(11-9-18)26(32)34-3/h4-15,24H,1-3H3,(H,29,33)/t24-/m0/s1. The molecule has 0 fully saturated rings. The molecule has 34 heavy (non-hydrogen) atoms. The number of hydrogen-bond acceptors (Lipinski definition) is 4. The number of esters is 1. The summed E-state index contributed by atoms with van der Waals surface area (Å²) in [5, 5.41) is 3.50. The van der Waals surface area contributed by atoms with Crippen LogP contribution >= 0.6 is 11.6 Å². The third-order valence-electron chi connectivity index (χ3n) is 5.79. The fourth-order valence-corrected chi connectivity index (χ4v) is 4.10. The predicted octanol–water partition coefficient (Wildman–Crippen LogP) is 5.86. The lowest BCUT2D eigenvalue weighted by Gasteiger charge is -2.36. The Balaban J connectivity index is 1.84. The van der Waals surface area contributed by atoms with Gasteiger partial charge >= 0.3 is 12.0 Å². The lowest BCUT2D eigenvalue weighted by molar-refractivity contribution is 0.0600. The van der Waals surface area contributed by atoms with Crippen LogP contribution in [-0.4, -0.2) is 24.9 Å². The molecule has 0 aromatic heterocycles. The maximum absolute atomic E-state index is 13.7. The summed E-state index contributed by atoms with van der Waals surface area (Å²) in [4.78, 5) is 40.3. The van der Waals surface area contributed by atoms with Crippen LogP contribution in [0.25, 0.3) is 0 Å². The number of benzene rings is 3. The van der Waals surface area contributed by atoms with E-state index in [1.54, 1.807) is 67.6 Å². The van der Waals surface area contributed by atoms with Crippen LogP contribution in [0.3, 0.4) is 0 Å². The van der Waals surface area contributed by atoms with Crippen molar-refractivity contribution in [2.24, 2.45) is 0 Å². The van der Waals surface area contributed by atoms with E-state index in [1.807, 2.05) is 19.1 Å². The topological polar surface area (TPSA) is 75.7 Å². The molecule has 7 heteroatoms. The van der Waals surface area contributed by atoms with Crippen molar-refractivity contribution in [2.75, 3.05) is 12.0 Å². The van der Waals surface area contributed by atoms with Gasteiger partial charge in [-0.25, -0.2) is 9.59 Å². The number of ketones is 1. The summed E-state index contributed by atoms with van der Waals surface area (Å²) in [6.07, 6.45) is 0. The Bertz CT molecular complexity index is 1280. The first-order chi connectivity index (χ1) is 16.3. The molecule has 6 nitrogen and oxygen atoms in total. The minimum absolute atomic E-state index is 0.196. The summed E-state index contributed by atoms with van der Waals surface area (Å²) >= 11 is 6.03. The fourth-order valence-electron chi connectivity index (χ4n) is 3.98. The number of halogens is 1. The van der Waals surface area contributed by atoms with Crippen molar-refractivity contribution in [3.63, 3.8) is 0 Å². The van der Waals surface area contributed by atoms with Gasteiger partial charge < -0.3 is 10.1 Å². The highest BCUT2D eigenvalue weighted by Crippen LogP contribution is 2.35. The SMILES string of the molecule is COC(=O)c1ccc([C@@H]2NC(=O)N(c3ccc(Cl)cc3)C(C)=C2C(=O)c2ccc(C)cc2)cc1. The van der Waals surface area contributed by atoms with E-state index in [4.69, 9.17) is 16.3 Å². The molecule has 0 aliphatic carbocycles. The number of anilines is 1. The maximum atomic E-state index is 13.7. The molecule has 0 bridgehead atoms. The first kappa shape index (κ1) is 23.3. The highest BCUT2D eigenvalue weighted by molar-refractivity contribution is 6.30. The molecular weight excluding hydrogens is 452 g/mol. The van der Waals surface area contributed by atoms with E-state index in [1.165, 1.54) is 12.0 Å². The molecule has 3 aromatic rings. The molecule has 1 aliphatic heterocycles. The number of hydrogen-bond donors (Lipinski definition) is 1. The third-order valence-corrected chi connectivity index (χ3v) is 6.05. The van der Waals surface area contributed by atoms with Crippen LogP contribution in [0.2, 0.25) is 5.02 Å². The van der Waals surface area contributed by atoms with Gasteiger partial charge in [-0.15, -0.1) is 0 Å². The van der Waals surface area contributed by atoms with E-state index in [9.17, 15) is 14.4 Å². The summed E-state index contributed by atoms with van der Waals surface area (Å²) in [7, 11) is 1.31. The van der Waals surface area contributed by atoms with Gasteiger partial charge in [-0.2, -0.15) is 0 Å². The molecule has 0 saturated heterocycles. The van der Waals surface area contributed by atoms with Crippen molar-refractivity contribution >= 4 is 35.1 Å². The molecule has 0 saturated carbocycles. The van der Waals surface area contributed by atoms with Crippen LogP contribution in [0.1, 0.15) is 44.8 Å². The van der Waals surface area contributed by atoms with Crippen molar-refractivity contribution in [1.82, 2.24) is 5.32 Å². The zero-order valence-corrected chi connectivity index (χ0v) is 19.7. The Kier molecular flexibility index (Phi) is 6.52. The van der Waals surface area contributed by atoms with Crippen molar-refractivity contribution in [3.05, 3.63) is 111 Å². The number of methoxy groups -OCH3 is 1. The zero-order chi connectivity index (χ0) is 24.4. The first-order valence-corrected chi connectivity index (χ1v) is 11.0. The minimum Gasteiger partial charge on any atom is -0.465 e. The van der Waals surface area contributed by atoms with Gasteiger partial charge in [0.1, 0.15) is 0 Å². The Morgan fingerprint density at radius 3 is 2.06 bits per heavy atom. The lowest BCUT2D eigenvalue weighted by atomic mass is 9.88. The number of aryl methyl sites for hydroxylation is 1. The first-order valence-electron chi connectivity index (χ1n) is 10.7. The van der Waals surface area contributed by atoms with Gasteiger partial charge in [0.2, 0.25) is 0 Å². The van der Waals surface area contributed by atoms with Crippen LogP contribution in [0.5, 0.6) is 0 Å². The molecular formula is C27H23ClN2O4. The Hall–Kier alpha value is -3.90. The van der Waals surface area contributed by atoms with Gasteiger partial charge in [-0.3, -0.25) is 9.69 Å². The van der Waals surface area contributed by atoms with E-state index in [0.717, 1.165) is 5.56 Å². The number of nitrogens with zero attached hydrogens (tertiary/aromatic N) is 1. The molecule has 1 N–H and O–H groups in total. The number of urea groups is 1. The van der Waals surface area contributed by atoms with Crippen LogP contribution < -0.4 is 10.2 Å². The average molecular weight is 475 g/mol. The summed E-state index contributed by atoms with van der Waals surface area (Å²) in [5.74, 6) is -0.658. The number of Topliss-reactive ketones (excluding diaryl/α,β-unsaturated/α-hetero) is 1. The van der Waals surface area contributed by atoms with Crippen LogP contribution in [0.4, 0.5) is 10.5 Å². The highest BCUT2D eigenvalue weighted by Gasteiger charge is 2.36. The number of allylic oxidation sites excluding steroid dienone is 1. The van der Waals surface area contributed by atoms with E-state index in [2.05, 4.69) is 5.32 Å². The molecule has 3 aromatic carbocycles. The minimum atomic E-state index is -0.698. The van der Waals surface area contributed by atoms with Gasteiger partial charge in [0.15, 0.2) is 5.78 Å². The third kappa shape index (κ3) is 4.45. The van der Waals surface area contributed by atoms with Crippen molar-refractivity contribution in [2.45, 2.75) is 19.9 Å². The molecule has 0 unspecified atom stereocenters. The normalized spacial score (nSPS) is 15.7. The molecule has 1 aliphatic rings. The number of ether oxygens (including phenoxy) is 1. The molecule has 4 rings (SSSR count). The largest absolute Gasteiger partial charge is 0.465 e. The van der Waals surface area contributed by atoms with Gasteiger partial charge in [0, 0.05) is 21.9 Å². The van der Waals surface area contributed by atoms with Crippen LogP contribution in [-0.2, 0) is 4.74 Å². The summed E-state index contributed by atoms with van der Waals surface area (Å²) in [6.45, 7) is 3.71. The summed E-state index contributed by atoms with van der Waals surface area (Å²) in [6, 6.07) is 19.7. The van der Waals surface area contributed by atoms with Crippen molar-refractivity contribution in [3.8, 4) is 0 Å². The molecule has 0 spiro atoms. The van der Waals surface area contributed by atoms with E-state index < -0.39 is 12.0 Å². The fraction of sp³-hybridized carbons (Fsp3) is 0.148. The van der Waals surface area contributed by atoms with Crippen molar-refractivity contribution < 1.29 is 19.1 Å². The van der Waals surface area contributed by atoms with Gasteiger partial charge in [-0.05, 0) is 55.8 Å². The maximum Gasteiger partial charge on any atom is 0.337 e. The van der Waals surface area contributed by atoms with E-state index >= 15 is 0 Å². The van der Waals surface area contributed by atoms with Gasteiger partial charge in [-0.1, -0.05) is 53.6 Å². The molecule has 0 radical (unpaired) electrons. The van der Waals surface area contributed by atoms with E-state index in [-0.39, 0.29) is 11.8 Å². The van der Waals surface area contributed by atoms with Crippen LogP contribution in [0, 0.1) is 6.92 Å². The molecule has 2 amide bonds. The monoisotopic (exact) mass is 474 g/mol. The average Bonchev–Trinajstić information content (AvgIpc) is 2.84. The Morgan fingerprint density at radius 1 is 0.882 bits per heavy atom. The highest BCUT2D eigenvalue weighted by atomic mass is 35.5. The van der Waals surface area contributed by atoms with E-state index in [0.29, 0.717) is 38.7 Å². The molecule has 1 heterocycles. The van der Waals surface area contributed by atoms with Gasteiger partial charge in [0.25, 0.3) is 0 Å².